The first-order valence-electron chi connectivity index (χ1n) is 7.13. The molecule has 114 valence electrons. The van der Waals surface area contributed by atoms with E-state index in [0.717, 1.165) is 31.5 Å². The van der Waals surface area contributed by atoms with Gasteiger partial charge in [0.25, 0.3) is 5.91 Å². The number of amides is 2. The Kier molecular flexibility index (Phi) is 4.80. The number of hydrogen-bond donors (Lipinski definition) is 3. The lowest BCUT2D eigenvalue weighted by Gasteiger charge is -2.31. The number of nitrogens with zero attached hydrogens (tertiary/aromatic N) is 1. The molecule has 0 aliphatic carbocycles. The lowest BCUT2D eigenvalue weighted by atomic mass is 10.0. The van der Waals surface area contributed by atoms with Gasteiger partial charge in [-0.1, -0.05) is 0 Å². The third-order valence-electron chi connectivity index (χ3n) is 3.83. The summed E-state index contributed by atoms with van der Waals surface area (Å²) in [5.74, 6) is -0.388. The lowest BCUT2D eigenvalue weighted by Crippen LogP contribution is -2.46. The van der Waals surface area contributed by atoms with E-state index in [9.17, 15) is 9.59 Å². The molecule has 0 bridgehead atoms. The predicted molar refractivity (Wildman–Crippen MR) is 81.7 cm³/mol. The summed E-state index contributed by atoms with van der Waals surface area (Å²) in [6.45, 7) is 3.72. The quantitative estimate of drug-likeness (QED) is 0.692. The van der Waals surface area contributed by atoms with E-state index in [1.165, 1.54) is 0 Å². The van der Waals surface area contributed by atoms with Crippen LogP contribution in [0.1, 0.15) is 28.8 Å². The van der Waals surface area contributed by atoms with Crippen molar-refractivity contribution in [3.05, 3.63) is 29.3 Å². The van der Waals surface area contributed by atoms with Crippen LogP contribution in [0, 0.1) is 6.92 Å². The van der Waals surface area contributed by atoms with Crippen LogP contribution in [0.2, 0.25) is 0 Å². The average Bonchev–Trinajstić information content (AvgIpc) is 2.43. The monoisotopic (exact) mass is 290 g/mol. The van der Waals surface area contributed by atoms with Gasteiger partial charge in [0.05, 0.1) is 6.54 Å². The number of nitrogens with two attached hydrogens (primary N) is 2. The maximum absolute atomic E-state index is 12.2. The van der Waals surface area contributed by atoms with Crippen LogP contribution in [0.3, 0.4) is 0 Å². The van der Waals surface area contributed by atoms with Crippen LogP contribution < -0.4 is 16.8 Å². The van der Waals surface area contributed by atoms with Crippen molar-refractivity contribution >= 4 is 17.5 Å². The Morgan fingerprint density at radius 1 is 1.33 bits per heavy atom. The van der Waals surface area contributed by atoms with Gasteiger partial charge in [0, 0.05) is 30.4 Å². The fourth-order valence-electron chi connectivity index (χ4n) is 2.54. The molecule has 0 unspecified atom stereocenters. The Bertz CT molecular complexity index is 536. The third-order valence-corrected chi connectivity index (χ3v) is 3.83. The first-order chi connectivity index (χ1) is 9.95. The van der Waals surface area contributed by atoms with Crippen molar-refractivity contribution < 1.29 is 9.59 Å². The van der Waals surface area contributed by atoms with E-state index in [1.807, 2.05) is 11.8 Å². The Morgan fingerprint density at radius 3 is 2.57 bits per heavy atom. The number of piperidine rings is 1. The second-order valence-corrected chi connectivity index (χ2v) is 5.56. The number of hydrogen-bond acceptors (Lipinski definition) is 4. The minimum atomic E-state index is -0.310. The minimum Gasteiger partial charge on any atom is -0.399 e. The number of primary amides is 1. The molecule has 0 atom stereocenters. The minimum absolute atomic E-state index is 0.0774. The standard InChI is InChI=1S/C15H22N4O2/c1-10-8-11(2-3-13(10)16)15(21)18-12-4-6-19(7-5-12)9-14(17)20/h2-3,8,12H,4-7,9,16H2,1H3,(H2,17,20)(H,18,21). The molecule has 0 radical (unpaired) electrons. The van der Waals surface area contributed by atoms with Gasteiger partial charge < -0.3 is 16.8 Å². The number of anilines is 1. The third kappa shape index (κ3) is 4.19. The molecule has 2 amide bonds. The molecule has 1 aromatic carbocycles. The number of aryl methyl sites for hydroxylation is 1. The summed E-state index contributed by atoms with van der Waals surface area (Å²) in [4.78, 5) is 25.1. The molecular weight excluding hydrogens is 268 g/mol. The molecule has 21 heavy (non-hydrogen) atoms. The zero-order valence-electron chi connectivity index (χ0n) is 12.3. The first kappa shape index (κ1) is 15.3. The first-order valence-corrected chi connectivity index (χ1v) is 7.13. The largest absolute Gasteiger partial charge is 0.399 e. The van der Waals surface area contributed by atoms with Gasteiger partial charge in [0.1, 0.15) is 0 Å². The number of likely N-dealkylation sites (tertiary alicyclic amines) is 1. The summed E-state index contributed by atoms with van der Waals surface area (Å²) < 4.78 is 0. The van der Waals surface area contributed by atoms with E-state index >= 15 is 0 Å². The highest BCUT2D eigenvalue weighted by molar-refractivity contribution is 5.95. The molecule has 1 fully saturated rings. The Labute approximate surface area is 124 Å². The average molecular weight is 290 g/mol. The van der Waals surface area contributed by atoms with Crippen LogP contribution in [0.25, 0.3) is 0 Å². The zero-order valence-corrected chi connectivity index (χ0v) is 12.3. The van der Waals surface area contributed by atoms with Gasteiger partial charge in [-0.2, -0.15) is 0 Å². The van der Waals surface area contributed by atoms with E-state index in [0.29, 0.717) is 11.3 Å². The fourth-order valence-corrected chi connectivity index (χ4v) is 2.54. The smallest absolute Gasteiger partial charge is 0.251 e. The normalized spacial score (nSPS) is 16.6. The Morgan fingerprint density at radius 2 is 2.00 bits per heavy atom. The van der Waals surface area contributed by atoms with Crippen molar-refractivity contribution in [3.8, 4) is 0 Å². The summed E-state index contributed by atoms with van der Waals surface area (Å²) in [6, 6.07) is 5.42. The molecule has 0 aromatic heterocycles. The van der Waals surface area contributed by atoms with Crippen molar-refractivity contribution in [1.82, 2.24) is 10.2 Å². The molecule has 0 saturated carbocycles. The van der Waals surface area contributed by atoms with E-state index < -0.39 is 0 Å². The van der Waals surface area contributed by atoms with Crippen LogP contribution in [0.15, 0.2) is 18.2 Å². The second kappa shape index (κ2) is 6.58. The van der Waals surface area contributed by atoms with Crippen LogP contribution in [0.5, 0.6) is 0 Å². The lowest BCUT2D eigenvalue weighted by molar-refractivity contribution is -0.119. The molecule has 2 rings (SSSR count). The highest BCUT2D eigenvalue weighted by atomic mass is 16.2. The molecule has 0 spiro atoms. The van der Waals surface area contributed by atoms with Crippen molar-refractivity contribution in [2.75, 3.05) is 25.4 Å². The summed E-state index contributed by atoms with van der Waals surface area (Å²) in [7, 11) is 0. The van der Waals surface area contributed by atoms with Gasteiger partial charge in [0.15, 0.2) is 0 Å². The van der Waals surface area contributed by atoms with Gasteiger partial charge in [-0.3, -0.25) is 14.5 Å². The second-order valence-electron chi connectivity index (χ2n) is 5.56. The highest BCUT2D eigenvalue weighted by Crippen LogP contribution is 2.14. The van der Waals surface area contributed by atoms with Gasteiger partial charge in [-0.15, -0.1) is 0 Å². The number of carbonyl (C=O) groups is 2. The van der Waals surface area contributed by atoms with Gasteiger partial charge in [-0.25, -0.2) is 0 Å². The Balaban J connectivity index is 1.86. The Hall–Kier alpha value is -2.08. The van der Waals surface area contributed by atoms with Crippen molar-refractivity contribution in [2.24, 2.45) is 5.73 Å². The van der Waals surface area contributed by atoms with Gasteiger partial charge in [-0.05, 0) is 43.5 Å². The van der Waals surface area contributed by atoms with E-state index in [1.54, 1.807) is 18.2 Å². The number of benzene rings is 1. The molecule has 1 aliphatic rings. The van der Waals surface area contributed by atoms with Crippen LogP contribution in [-0.2, 0) is 4.79 Å². The number of carbonyl (C=O) groups excluding carboxylic acids is 2. The van der Waals surface area contributed by atoms with Gasteiger partial charge >= 0.3 is 0 Å². The summed E-state index contributed by atoms with van der Waals surface area (Å²) in [6.07, 6.45) is 1.65. The predicted octanol–water partition coefficient (Wildman–Crippen LogP) is 0.257. The maximum atomic E-state index is 12.2. The number of rotatable bonds is 4. The van der Waals surface area contributed by atoms with E-state index in [2.05, 4.69) is 5.32 Å². The number of nitrogen functional groups attached to an aromatic ring is 1. The van der Waals surface area contributed by atoms with Gasteiger partial charge in [0.2, 0.25) is 5.91 Å². The molecule has 6 nitrogen and oxygen atoms in total. The van der Waals surface area contributed by atoms with Crippen LogP contribution >= 0.6 is 0 Å². The van der Waals surface area contributed by atoms with Crippen LogP contribution in [-0.4, -0.2) is 42.4 Å². The topological polar surface area (TPSA) is 101 Å². The van der Waals surface area contributed by atoms with E-state index in [4.69, 9.17) is 11.5 Å². The van der Waals surface area contributed by atoms with Crippen molar-refractivity contribution in [1.29, 1.82) is 0 Å². The van der Waals surface area contributed by atoms with Crippen LogP contribution in [0.4, 0.5) is 5.69 Å². The molecule has 1 heterocycles. The number of nitrogens with one attached hydrogen (secondary N) is 1. The van der Waals surface area contributed by atoms with Crippen molar-refractivity contribution in [3.63, 3.8) is 0 Å². The summed E-state index contributed by atoms with van der Waals surface area (Å²) >= 11 is 0. The highest BCUT2D eigenvalue weighted by Gasteiger charge is 2.21. The maximum Gasteiger partial charge on any atom is 0.251 e. The molecule has 1 aromatic rings. The molecule has 1 saturated heterocycles. The van der Waals surface area contributed by atoms with E-state index in [-0.39, 0.29) is 24.4 Å². The van der Waals surface area contributed by atoms with Crippen molar-refractivity contribution in [2.45, 2.75) is 25.8 Å². The molecule has 6 heteroatoms. The zero-order chi connectivity index (χ0) is 15.4. The molecule has 5 N–H and O–H groups in total. The fraction of sp³-hybridized carbons (Fsp3) is 0.467. The summed E-state index contributed by atoms with van der Waals surface area (Å²) in [5.41, 5.74) is 13.1. The summed E-state index contributed by atoms with van der Waals surface area (Å²) in [5, 5.41) is 3.03. The molecular formula is C15H22N4O2. The molecule has 1 aliphatic heterocycles. The SMILES string of the molecule is Cc1cc(C(=O)NC2CCN(CC(N)=O)CC2)ccc1N.